The van der Waals surface area contributed by atoms with Gasteiger partial charge in [-0.1, -0.05) is 18.2 Å². The average Bonchev–Trinajstić information content (AvgIpc) is 2.94. The lowest BCUT2D eigenvalue weighted by Gasteiger charge is -2.21. The molecule has 0 radical (unpaired) electrons. The predicted molar refractivity (Wildman–Crippen MR) is 147 cm³/mol. The van der Waals surface area contributed by atoms with Crippen molar-refractivity contribution in [1.82, 2.24) is 29.7 Å². The van der Waals surface area contributed by atoms with Crippen LogP contribution < -0.4 is 0 Å². The molecular weight excluding hydrogens is 450 g/mol. The van der Waals surface area contributed by atoms with Gasteiger partial charge in [-0.05, 0) is 77.0 Å². The number of hydrogen-bond acceptors (Lipinski definition) is 6. The number of nitrogens with zero attached hydrogens (tertiary/aromatic N) is 9. The molecular formula is C27H39N9. The van der Waals surface area contributed by atoms with Crippen molar-refractivity contribution in [2.45, 2.75) is 77.0 Å². The van der Waals surface area contributed by atoms with Gasteiger partial charge in [0.15, 0.2) is 0 Å². The first-order valence-electron chi connectivity index (χ1n) is 13.2. The molecule has 1 aromatic heterocycles. The van der Waals surface area contributed by atoms with E-state index in [1.165, 1.54) is 55.6 Å². The fourth-order valence-electron chi connectivity index (χ4n) is 4.58. The van der Waals surface area contributed by atoms with Crippen molar-refractivity contribution in [2.75, 3.05) is 21.1 Å². The zero-order chi connectivity index (χ0) is 25.2. The van der Waals surface area contributed by atoms with Gasteiger partial charge in [-0.3, -0.25) is 0 Å². The van der Waals surface area contributed by atoms with Gasteiger partial charge < -0.3 is 14.7 Å². The van der Waals surface area contributed by atoms with E-state index in [0.717, 1.165) is 38.5 Å². The molecule has 36 heavy (non-hydrogen) atoms. The van der Waals surface area contributed by atoms with Crippen LogP contribution in [0.1, 0.15) is 77.0 Å². The van der Waals surface area contributed by atoms with Crippen molar-refractivity contribution in [3.05, 3.63) is 35.3 Å². The van der Waals surface area contributed by atoms with E-state index < -0.39 is 0 Å². The minimum absolute atomic E-state index is 0.298. The molecule has 3 aliphatic carbocycles. The first-order valence-corrected chi connectivity index (χ1v) is 13.2. The number of aliphatic imine (C=N–C) groups is 3. The van der Waals surface area contributed by atoms with Crippen molar-refractivity contribution in [3.63, 3.8) is 0 Å². The van der Waals surface area contributed by atoms with E-state index in [0.29, 0.717) is 17.8 Å². The molecule has 192 valence electrons. The van der Waals surface area contributed by atoms with E-state index in [2.05, 4.69) is 48.2 Å². The summed E-state index contributed by atoms with van der Waals surface area (Å²) in [6.07, 6.45) is 26.1. The van der Waals surface area contributed by atoms with Crippen LogP contribution in [0.3, 0.4) is 0 Å². The summed E-state index contributed by atoms with van der Waals surface area (Å²) >= 11 is 0. The Hall–Kier alpha value is -3.36. The van der Waals surface area contributed by atoms with Gasteiger partial charge in [-0.15, -0.1) is 0 Å². The van der Waals surface area contributed by atoms with Gasteiger partial charge in [0, 0.05) is 38.2 Å². The second kappa shape index (κ2) is 13.1. The molecule has 0 saturated heterocycles. The fourth-order valence-corrected chi connectivity index (χ4v) is 4.58. The first-order chi connectivity index (χ1) is 17.6. The molecule has 0 bridgehead atoms. The highest BCUT2D eigenvalue weighted by atomic mass is 15.3. The Morgan fingerprint density at radius 2 is 0.833 bits per heavy atom. The Morgan fingerprint density at radius 3 is 1.08 bits per heavy atom. The predicted octanol–water partition coefficient (Wildman–Crippen LogP) is 6.02. The summed E-state index contributed by atoms with van der Waals surface area (Å²) in [7, 11) is 6.04. The van der Waals surface area contributed by atoms with E-state index in [1.807, 2.05) is 35.8 Å². The van der Waals surface area contributed by atoms with Crippen molar-refractivity contribution < 1.29 is 0 Å². The molecule has 4 rings (SSSR count). The number of aromatic nitrogens is 3. The molecule has 0 amide bonds. The molecule has 0 fully saturated rings. The lowest BCUT2D eigenvalue weighted by atomic mass is 10.0. The monoisotopic (exact) mass is 489 g/mol. The summed E-state index contributed by atoms with van der Waals surface area (Å²) in [6, 6.07) is 0. The van der Waals surface area contributed by atoms with Crippen LogP contribution in [0.4, 0.5) is 17.8 Å². The third-order valence-electron chi connectivity index (χ3n) is 6.80. The van der Waals surface area contributed by atoms with E-state index in [4.69, 9.17) is 0 Å². The zero-order valence-electron chi connectivity index (χ0n) is 22.0. The summed E-state index contributed by atoms with van der Waals surface area (Å²) in [5.41, 5.74) is 3.83. The molecule has 0 aromatic carbocycles. The van der Waals surface area contributed by atoms with Gasteiger partial charge in [-0.25, -0.2) is 15.0 Å². The third kappa shape index (κ3) is 7.57. The van der Waals surface area contributed by atoms with Crippen molar-refractivity contribution in [2.24, 2.45) is 15.0 Å². The number of rotatable bonds is 9. The van der Waals surface area contributed by atoms with Crippen molar-refractivity contribution in [3.8, 4) is 0 Å². The maximum atomic E-state index is 4.54. The van der Waals surface area contributed by atoms with E-state index in [1.54, 1.807) is 19.0 Å². The molecule has 3 aliphatic rings. The van der Waals surface area contributed by atoms with E-state index >= 15 is 0 Å². The Kier molecular flexibility index (Phi) is 9.35. The summed E-state index contributed by atoms with van der Waals surface area (Å²) in [6.45, 7) is 0. The second-order valence-corrected chi connectivity index (χ2v) is 9.63. The summed E-state index contributed by atoms with van der Waals surface area (Å²) < 4.78 is 0. The maximum absolute atomic E-state index is 4.54. The number of allylic oxidation sites excluding steroid dienone is 6. The molecule has 9 nitrogen and oxygen atoms in total. The zero-order valence-corrected chi connectivity index (χ0v) is 22.0. The maximum Gasteiger partial charge on any atom is 0.257 e. The molecule has 1 aromatic rings. The van der Waals surface area contributed by atoms with Gasteiger partial charge in [-0.2, -0.15) is 15.0 Å². The molecule has 0 atom stereocenters. The molecule has 0 unspecified atom stereocenters. The van der Waals surface area contributed by atoms with Crippen LogP contribution in [-0.4, -0.2) is 69.8 Å². The molecule has 0 N–H and O–H groups in total. The molecule has 1 heterocycles. The lowest BCUT2D eigenvalue weighted by molar-refractivity contribution is 0.548. The van der Waals surface area contributed by atoms with Crippen LogP contribution in [-0.2, 0) is 0 Å². The van der Waals surface area contributed by atoms with Gasteiger partial charge in [0.2, 0.25) is 0 Å². The van der Waals surface area contributed by atoms with Crippen LogP contribution >= 0.6 is 0 Å². The van der Waals surface area contributed by atoms with Crippen LogP contribution in [0.25, 0.3) is 0 Å². The summed E-state index contributed by atoms with van der Waals surface area (Å²) in [5.74, 6) is 0.893. The van der Waals surface area contributed by atoms with Crippen LogP contribution in [0.2, 0.25) is 0 Å². The smallest absolute Gasteiger partial charge is 0.257 e. The number of hydrogen-bond donors (Lipinski definition) is 0. The highest BCUT2D eigenvalue weighted by Gasteiger charge is 2.11. The molecule has 0 aliphatic heterocycles. The van der Waals surface area contributed by atoms with Crippen LogP contribution in [0.15, 0.2) is 50.3 Å². The molecule has 0 saturated carbocycles. The van der Waals surface area contributed by atoms with Crippen molar-refractivity contribution >= 4 is 36.9 Å². The minimum atomic E-state index is 0.298. The third-order valence-corrected chi connectivity index (χ3v) is 6.80. The average molecular weight is 490 g/mol. The highest BCUT2D eigenvalue weighted by molar-refractivity contribution is 5.64. The summed E-state index contributed by atoms with van der Waals surface area (Å²) in [4.78, 5) is 33.2. The van der Waals surface area contributed by atoms with E-state index in [-0.39, 0.29) is 0 Å². The van der Waals surface area contributed by atoms with Gasteiger partial charge in [0.05, 0.1) is 19.0 Å². The van der Waals surface area contributed by atoms with Crippen LogP contribution in [0, 0.1) is 0 Å². The SMILES string of the molecule is CN(C=Nc1nc(N=CN(C)C2=CCCCC2)nc(N=CN(C)C2=CCCCC2)n1)C1=CCCCC1. The second-order valence-electron chi connectivity index (χ2n) is 9.63. The molecule has 0 spiro atoms. The largest absolute Gasteiger partial charge is 0.339 e. The van der Waals surface area contributed by atoms with Crippen molar-refractivity contribution in [1.29, 1.82) is 0 Å². The lowest BCUT2D eigenvalue weighted by Crippen LogP contribution is -2.17. The Morgan fingerprint density at radius 1 is 0.528 bits per heavy atom. The molecule has 9 heteroatoms. The Balaban J connectivity index is 1.54. The van der Waals surface area contributed by atoms with Gasteiger partial charge in [0.1, 0.15) is 0 Å². The van der Waals surface area contributed by atoms with Crippen LogP contribution in [0.5, 0.6) is 0 Å². The van der Waals surface area contributed by atoms with Gasteiger partial charge in [0.25, 0.3) is 17.8 Å². The van der Waals surface area contributed by atoms with E-state index in [9.17, 15) is 0 Å². The Labute approximate surface area is 215 Å². The standard InChI is InChI=1S/C27H39N9/c1-34(22-13-7-4-8-14-22)19-28-25-31-26(29-20-35(2)23-15-9-5-10-16-23)33-27(32-25)30-21-36(3)24-17-11-6-12-18-24/h13,15,17,19-21H,4-12,14,16,18H2,1-3H3. The topological polar surface area (TPSA) is 85.5 Å². The van der Waals surface area contributed by atoms with Gasteiger partial charge >= 0.3 is 0 Å². The first kappa shape index (κ1) is 25.7. The highest BCUT2D eigenvalue weighted by Crippen LogP contribution is 2.22. The Bertz CT molecular complexity index is 921. The normalized spacial score (nSPS) is 18.9. The minimum Gasteiger partial charge on any atom is -0.339 e. The quantitative estimate of drug-likeness (QED) is 0.311. The summed E-state index contributed by atoms with van der Waals surface area (Å²) in [5, 5.41) is 0. The fraction of sp³-hybridized carbons (Fsp3) is 0.556.